The molecule has 4 heterocycles. The molecular formula is C34H40BrN3O7Si. The average molecular weight is 711 g/mol. The van der Waals surface area contributed by atoms with Crippen LogP contribution in [0, 0.1) is 5.92 Å². The number of aliphatic hydroxyl groups excluding tert-OH is 1. The lowest BCUT2D eigenvalue weighted by molar-refractivity contribution is -0.150. The number of carbonyl (C=O) groups excluding carboxylic acids is 2. The van der Waals surface area contributed by atoms with Crippen molar-refractivity contribution in [1.29, 1.82) is 0 Å². The molecule has 5 atom stereocenters. The number of pyridine rings is 1. The SMILES string of the molecule is COc1cccn(-c2cccc(CN3C(=O)[C@@]4(O[C@@H](CC(=O)N5CCC[C@H]5CO)[C@H]([Si](C)(C)O)[C@H]4C)c4cc(Br)ccc43)c2)c1=O. The minimum absolute atomic E-state index is 0.0260. The summed E-state index contributed by atoms with van der Waals surface area (Å²) in [4.78, 5) is 56.3. The fraction of sp³-hybridized carbons (Fsp3) is 0.441. The van der Waals surface area contributed by atoms with Crippen LogP contribution in [0.3, 0.4) is 0 Å². The van der Waals surface area contributed by atoms with Crippen molar-refractivity contribution < 1.29 is 29.0 Å². The van der Waals surface area contributed by atoms with Crippen LogP contribution in [-0.4, -0.2) is 71.9 Å². The second-order valence-corrected chi connectivity index (χ2v) is 18.0. The maximum absolute atomic E-state index is 14.8. The predicted octanol–water partition coefficient (Wildman–Crippen LogP) is 4.33. The van der Waals surface area contributed by atoms with Crippen molar-refractivity contribution in [2.45, 2.75) is 69.1 Å². The molecule has 1 aromatic heterocycles. The molecule has 2 amide bonds. The Morgan fingerprint density at radius 1 is 1.15 bits per heavy atom. The Balaban J connectivity index is 1.37. The van der Waals surface area contributed by atoms with Crippen LogP contribution >= 0.6 is 15.9 Å². The van der Waals surface area contributed by atoms with E-state index in [1.54, 1.807) is 28.1 Å². The normalized spacial score (nSPS) is 25.8. The standard InChI is InChI=1S/C34H40BrN3O7Si/c1-21-31(46(3,4)43)29(18-30(40)36-14-6-10-25(36)20-39)45-34(21)26-17-23(35)12-13-27(26)38(33(34)42)19-22-8-5-9-24(16-22)37-15-7-11-28(44-2)32(37)41/h5,7-9,11-13,15-17,21,25,29,31,39,43H,6,10,14,18-20H2,1-4H3/t21-,25+,29+,31-,34+/m1/s1. The number of nitrogens with zero attached hydrogens (tertiary/aromatic N) is 3. The fourth-order valence-corrected chi connectivity index (χ4v) is 10.8. The monoisotopic (exact) mass is 709 g/mol. The van der Waals surface area contributed by atoms with Crippen molar-refractivity contribution in [1.82, 2.24) is 9.47 Å². The topological polar surface area (TPSA) is 122 Å². The minimum Gasteiger partial charge on any atom is -0.491 e. The van der Waals surface area contributed by atoms with Gasteiger partial charge in [0, 0.05) is 39.9 Å². The van der Waals surface area contributed by atoms with Gasteiger partial charge in [-0.2, -0.15) is 0 Å². The lowest BCUT2D eigenvalue weighted by Gasteiger charge is -2.33. The second kappa shape index (κ2) is 12.4. The van der Waals surface area contributed by atoms with Crippen LogP contribution < -0.4 is 15.2 Å². The molecule has 1 spiro atoms. The minimum atomic E-state index is -2.96. The Morgan fingerprint density at radius 3 is 2.65 bits per heavy atom. The number of amides is 2. The largest absolute Gasteiger partial charge is 0.491 e. The van der Waals surface area contributed by atoms with Crippen LogP contribution in [0.25, 0.3) is 5.69 Å². The molecule has 2 fully saturated rings. The number of likely N-dealkylation sites (tertiary alicyclic amines) is 1. The Kier molecular flexibility index (Phi) is 8.79. The Morgan fingerprint density at radius 2 is 1.93 bits per heavy atom. The van der Waals surface area contributed by atoms with Gasteiger partial charge < -0.3 is 29.2 Å². The first-order chi connectivity index (χ1) is 21.9. The van der Waals surface area contributed by atoms with Crippen LogP contribution in [0.1, 0.15) is 37.3 Å². The molecule has 244 valence electrons. The van der Waals surface area contributed by atoms with Gasteiger partial charge in [0.25, 0.3) is 11.5 Å². The van der Waals surface area contributed by atoms with Crippen LogP contribution in [-0.2, 0) is 26.5 Å². The number of halogens is 1. The zero-order chi connectivity index (χ0) is 33.0. The molecule has 0 radical (unpaired) electrons. The third-order valence-corrected chi connectivity index (χ3v) is 12.9. The smallest absolute Gasteiger partial charge is 0.297 e. The van der Waals surface area contributed by atoms with E-state index >= 15 is 0 Å². The number of ether oxygens (including phenoxy) is 2. The summed E-state index contributed by atoms with van der Waals surface area (Å²) in [6.45, 7) is 6.33. The van der Waals surface area contributed by atoms with E-state index in [0.29, 0.717) is 23.5 Å². The number of fused-ring (bicyclic) bond motifs is 2. The molecular weight excluding hydrogens is 670 g/mol. The van der Waals surface area contributed by atoms with E-state index in [-0.39, 0.29) is 48.7 Å². The molecule has 2 saturated heterocycles. The Labute approximate surface area is 277 Å². The van der Waals surface area contributed by atoms with Gasteiger partial charge in [-0.3, -0.25) is 19.0 Å². The lowest BCUT2D eigenvalue weighted by Crippen LogP contribution is -2.46. The molecule has 2 aromatic carbocycles. The van der Waals surface area contributed by atoms with Crippen LogP contribution in [0.2, 0.25) is 18.6 Å². The van der Waals surface area contributed by atoms with Gasteiger partial charge in [0.15, 0.2) is 19.7 Å². The number of aliphatic hydroxyl groups is 1. The number of anilines is 1. The molecule has 6 rings (SSSR count). The molecule has 0 saturated carbocycles. The Hall–Kier alpha value is -3.29. The first-order valence-electron chi connectivity index (χ1n) is 15.7. The number of methoxy groups -OCH3 is 1. The van der Waals surface area contributed by atoms with Crippen LogP contribution in [0.5, 0.6) is 5.75 Å². The summed E-state index contributed by atoms with van der Waals surface area (Å²) in [5.74, 6) is -0.567. The van der Waals surface area contributed by atoms with E-state index in [9.17, 15) is 24.3 Å². The summed E-state index contributed by atoms with van der Waals surface area (Å²) in [7, 11) is -1.51. The van der Waals surface area contributed by atoms with Gasteiger partial charge in [0.05, 0.1) is 44.5 Å². The first kappa shape index (κ1) is 32.6. The van der Waals surface area contributed by atoms with Gasteiger partial charge in [-0.25, -0.2) is 0 Å². The van der Waals surface area contributed by atoms with Crippen LogP contribution in [0.4, 0.5) is 5.69 Å². The van der Waals surface area contributed by atoms with Crippen molar-refractivity contribution in [3.63, 3.8) is 0 Å². The van der Waals surface area contributed by atoms with Gasteiger partial charge >= 0.3 is 0 Å². The third-order valence-electron chi connectivity index (χ3n) is 9.89. The van der Waals surface area contributed by atoms with E-state index in [4.69, 9.17) is 9.47 Å². The molecule has 3 aliphatic heterocycles. The molecule has 0 bridgehead atoms. The zero-order valence-electron chi connectivity index (χ0n) is 26.5. The summed E-state index contributed by atoms with van der Waals surface area (Å²) in [5.41, 5.74) is 0.762. The fourth-order valence-electron chi connectivity index (χ4n) is 7.87. The lowest BCUT2D eigenvalue weighted by atomic mass is 9.82. The number of benzene rings is 2. The number of rotatable bonds is 8. The second-order valence-electron chi connectivity index (χ2n) is 13.1. The van der Waals surface area contributed by atoms with Gasteiger partial charge in [-0.1, -0.05) is 35.0 Å². The molecule has 10 nitrogen and oxygen atoms in total. The van der Waals surface area contributed by atoms with Crippen LogP contribution in [0.15, 0.2) is 70.1 Å². The predicted molar refractivity (Wildman–Crippen MR) is 180 cm³/mol. The van der Waals surface area contributed by atoms with Gasteiger partial charge in [-0.05, 0) is 74.0 Å². The maximum Gasteiger partial charge on any atom is 0.297 e. The maximum atomic E-state index is 14.8. The van der Waals surface area contributed by atoms with E-state index < -0.39 is 31.5 Å². The van der Waals surface area contributed by atoms with E-state index in [1.165, 1.54) is 11.7 Å². The molecule has 3 aliphatic rings. The average Bonchev–Trinajstić information content (AvgIpc) is 3.68. The summed E-state index contributed by atoms with van der Waals surface area (Å²) in [6.07, 6.45) is 2.61. The van der Waals surface area contributed by atoms with Crippen molar-refractivity contribution in [2.75, 3.05) is 25.2 Å². The highest BCUT2D eigenvalue weighted by Crippen LogP contribution is 2.60. The molecule has 0 aliphatic carbocycles. The summed E-state index contributed by atoms with van der Waals surface area (Å²) >= 11 is 3.59. The highest BCUT2D eigenvalue weighted by atomic mass is 79.9. The summed E-state index contributed by atoms with van der Waals surface area (Å²) in [6, 6.07) is 16.3. The molecule has 46 heavy (non-hydrogen) atoms. The van der Waals surface area contributed by atoms with E-state index in [2.05, 4.69) is 15.9 Å². The summed E-state index contributed by atoms with van der Waals surface area (Å²) < 4.78 is 14.4. The van der Waals surface area contributed by atoms with Crippen molar-refractivity contribution in [2.24, 2.45) is 5.92 Å². The molecule has 0 unspecified atom stereocenters. The zero-order valence-corrected chi connectivity index (χ0v) is 29.1. The quantitative estimate of drug-likeness (QED) is 0.334. The molecule has 12 heteroatoms. The van der Waals surface area contributed by atoms with Gasteiger partial charge in [0.2, 0.25) is 5.91 Å². The number of hydrogen-bond donors (Lipinski definition) is 2. The number of aromatic nitrogens is 1. The van der Waals surface area contributed by atoms with E-state index in [1.807, 2.05) is 62.5 Å². The Bertz CT molecular complexity index is 1730. The highest BCUT2D eigenvalue weighted by Gasteiger charge is 2.66. The molecule has 2 N–H and O–H groups in total. The van der Waals surface area contributed by atoms with Crippen molar-refractivity contribution in [3.05, 3.63) is 86.7 Å². The van der Waals surface area contributed by atoms with Crippen molar-refractivity contribution in [3.8, 4) is 11.4 Å². The third kappa shape index (κ3) is 5.43. The van der Waals surface area contributed by atoms with Gasteiger partial charge in [-0.15, -0.1) is 0 Å². The summed E-state index contributed by atoms with van der Waals surface area (Å²) in [5, 5.41) is 9.84. The number of hydrogen-bond acceptors (Lipinski definition) is 7. The van der Waals surface area contributed by atoms with Gasteiger partial charge in [0.1, 0.15) is 0 Å². The van der Waals surface area contributed by atoms with Crippen molar-refractivity contribution >= 4 is 41.7 Å². The molecule has 3 aromatic rings. The van der Waals surface area contributed by atoms with E-state index in [0.717, 1.165) is 22.9 Å². The first-order valence-corrected chi connectivity index (χ1v) is 19.5. The number of carbonyl (C=O) groups is 2. The highest BCUT2D eigenvalue weighted by molar-refractivity contribution is 9.10.